The van der Waals surface area contributed by atoms with Crippen LogP contribution in [0.5, 0.6) is 0 Å². The highest BCUT2D eigenvalue weighted by Gasteiger charge is 2.13. The maximum Gasteiger partial charge on any atom is 0.328 e. The van der Waals surface area contributed by atoms with E-state index in [-0.39, 0.29) is 5.69 Å². The fraction of sp³-hybridized carbons (Fsp3) is 0.150. The van der Waals surface area contributed by atoms with E-state index in [9.17, 15) is 10.1 Å². The number of rotatable bonds is 3. The molecule has 2 aromatic heterocycles. The maximum atomic E-state index is 12.1. The number of benzene rings is 2. The molecule has 4 rings (SSSR count). The molecule has 0 unspecified atom stereocenters. The summed E-state index contributed by atoms with van der Waals surface area (Å²) >= 11 is 0. The van der Waals surface area contributed by atoms with Gasteiger partial charge in [-0.3, -0.25) is 13.8 Å². The molecule has 0 amide bonds. The molecule has 0 saturated carbocycles. The lowest BCUT2D eigenvalue weighted by molar-refractivity contribution is 0.768. The summed E-state index contributed by atoms with van der Waals surface area (Å²) in [5, 5.41) is 17.0. The van der Waals surface area contributed by atoms with E-state index in [0.29, 0.717) is 16.9 Å². The largest absolute Gasteiger partial charge is 0.397 e. The Hall–Kier alpha value is -3.99. The molecule has 0 bridgehead atoms. The number of hydrogen-bond acceptors (Lipinski definition) is 5. The average Bonchev–Trinajstić information content (AvgIpc) is 3.21. The van der Waals surface area contributed by atoms with Gasteiger partial charge in [-0.1, -0.05) is 0 Å². The lowest BCUT2D eigenvalue weighted by Crippen LogP contribution is -2.19. The van der Waals surface area contributed by atoms with Crippen LogP contribution in [0.3, 0.4) is 0 Å². The Morgan fingerprint density at radius 3 is 2.54 bits per heavy atom. The van der Waals surface area contributed by atoms with E-state index in [4.69, 9.17) is 5.73 Å². The van der Waals surface area contributed by atoms with Crippen LogP contribution in [0.25, 0.3) is 22.2 Å². The Morgan fingerprint density at radius 1 is 1.11 bits per heavy atom. The predicted octanol–water partition coefficient (Wildman–Crippen LogP) is 2.47. The van der Waals surface area contributed by atoms with Gasteiger partial charge in [0.25, 0.3) is 0 Å². The number of nitrogens with one attached hydrogen (secondary N) is 1. The summed E-state index contributed by atoms with van der Waals surface area (Å²) in [6.45, 7) is 0. The van der Waals surface area contributed by atoms with Crippen molar-refractivity contribution in [3.05, 3.63) is 58.8 Å². The van der Waals surface area contributed by atoms with Crippen LogP contribution >= 0.6 is 0 Å². The summed E-state index contributed by atoms with van der Waals surface area (Å²) in [5.74, 6) is 0. The minimum Gasteiger partial charge on any atom is -0.397 e. The monoisotopic (exact) mass is 373 g/mol. The van der Waals surface area contributed by atoms with Gasteiger partial charge in [-0.2, -0.15) is 10.4 Å². The standard InChI is InChI=1S/C20H19N7O/c1-25-11-13(10-23-25)15-8-16(22)17(6-12(15)9-21)24-14-4-5-18-19(7-14)27(3)20(28)26(18)2/h4-8,10-11,24H,22H2,1-3H3. The molecule has 0 saturated heterocycles. The number of nitrogens with two attached hydrogens (primary N) is 1. The highest BCUT2D eigenvalue weighted by Crippen LogP contribution is 2.33. The van der Waals surface area contributed by atoms with Gasteiger partial charge in [-0.15, -0.1) is 0 Å². The molecule has 3 N–H and O–H groups in total. The SMILES string of the molecule is Cn1cc(-c2cc(N)c(Nc3ccc4c(c3)n(C)c(=O)n4C)cc2C#N)cn1. The number of fused-ring (bicyclic) bond motifs is 1. The molecule has 2 heterocycles. The van der Waals surface area contributed by atoms with Gasteiger partial charge in [0.05, 0.1) is 40.2 Å². The zero-order valence-electron chi connectivity index (χ0n) is 15.8. The van der Waals surface area contributed by atoms with Crippen molar-refractivity contribution in [3.8, 4) is 17.2 Å². The summed E-state index contributed by atoms with van der Waals surface area (Å²) < 4.78 is 4.87. The molecule has 0 radical (unpaired) electrons. The van der Waals surface area contributed by atoms with E-state index in [1.807, 2.05) is 31.4 Å². The van der Waals surface area contributed by atoms with E-state index < -0.39 is 0 Å². The lowest BCUT2D eigenvalue weighted by atomic mass is 10.0. The van der Waals surface area contributed by atoms with Gasteiger partial charge < -0.3 is 11.1 Å². The highest BCUT2D eigenvalue weighted by molar-refractivity contribution is 5.86. The predicted molar refractivity (Wildman–Crippen MR) is 109 cm³/mol. The van der Waals surface area contributed by atoms with Gasteiger partial charge in [0.2, 0.25) is 0 Å². The number of imidazole rings is 1. The lowest BCUT2D eigenvalue weighted by Gasteiger charge is -2.12. The first-order chi connectivity index (χ1) is 13.4. The van der Waals surface area contributed by atoms with Crippen LogP contribution in [0.4, 0.5) is 17.1 Å². The first-order valence-corrected chi connectivity index (χ1v) is 8.64. The highest BCUT2D eigenvalue weighted by atomic mass is 16.1. The Bertz CT molecular complexity index is 1320. The fourth-order valence-electron chi connectivity index (χ4n) is 3.36. The van der Waals surface area contributed by atoms with E-state index in [1.54, 1.807) is 46.2 Å². The van der Waals surface area contributed by atoms with Gasteiger partial charge in [-0.05, 0) is 30.3 Å². The second kappa shape index (κ2) is 6.32. The Labute approximate surface area is 161 Å². The van der Waals surface area contributed by atoms with Crippen LogP contribution in [-0.4, -0.2) is 18.9 Å². The smallest absolute Gasteiger partial charge is 0.328 e. The number of aryl methyl sites for hydroxylation is 3. The molecular formula is C20H19N7O. The van der Waals surface area contributed by atoms with Crippen molar-refractivity contribution in [3.63, 3.8) is 0 Å². The number of hydrogen-bond donors (Lipinski definition) is 2. The topological polar surface area (TPSA) is 107 Å². The molecule has 4 aromatic rings. The average molecular weight is 373 g/mol. The van der Waals surface area contributed by atoms with Crippen molar-refractivity contribution in [1.29, 1.82) is 5.26 Å². The fourth-order valence-corrected chi connectivity index (χ4v) is 3.36. The van der Waals surface area contributed by atoms with Crippen LogP contribution < -0.4 is 16.7 Å². The van der Waals surface area contributed by atoms with Gasteiger partial charge in [0.15, 0.2) is 0 Å². The zero-order valence-corrected chi connectivity index (χ0v) is 15.8. The van der Waals surface area contributed by atoms with Crippen molar-refractivity contribution in [2.24, 2.45) is 21.1 Å². The van der Waals surface area contributed by atoms with Gasteiger partial charge in [0, 0.05) is 44.2 Å². The third-order valence-corrected chi connectivity index (χ3v) is 4.88. The molecular weight excluding hydrogens is 354 g/mol. The Morgan fingerprint density at radius 2 is 1.86 bits per heavy atom. The van der Waals surface area contributed by atoms with Crippen LogP contribution in [0, 0.1) is 11.3 Å². The summed E-state index contributed by atoms with van der Waals surface area (Å²) in [4.78, 5) is 12.1. The zero-order chi connectivity index (χ0) is 20.0. The molecule has 140 valence electrons. The third kappa shape index (κ3) is 2.70. The number of aromatic nitrogens is 4. The first kappa shape index (κ1) is 17.4. The number of nitriles is 1. The minimum atomic E-state index is -0.0840. The molecule has 8 nitrogen and oxygen atoms in total. The number of anilines is 3. The van der Waals surface area contributed by atoms with E-state index in [2.05, 4.69) is 16.5 Å². The Kier molecular flexibility index (Phi) is 3.93. The van der Waals surface area contributed by atoms with E-state index in [0.717, 1.165) is 27.8 Å². The second-order valence-electron chi connectivity index (χ2n) is 6.73. The minimum absolute atomic E-state index is 0.0840. The van der Waals surface area contributed by atoms with Crippen molar-refractivity contribution in [2.75, 3.05) is 11.1 Å². The van der Waals surface area contributed by atoms with Gasteiger partial charge >= 0.3 is 5.69 Å². The third-order valence-electron chi connectivity index (χ3n) is 4.88. The van der Waals surface area contributed by atoms with Crippen LogP contribution in [-0.2, 0) is 21.1 Å². The van der Waals surface area contributed by atoms with Crippen molar-refractivity contribution < 1.29 is 0 Å². The molecule has 2 aromatic carbocycles. The first-order valence-electron chi connectivity index (χ1n) is 8.64. The molecule has 0 atom stereocenters. The second-order valence-corrected chi connectivity index (χ2v) is 6.73. The molecule has 0 spiro atoms. The molecule has 28 heavy (non-hydrogen) atoms. The van der Waals surface area contributed by atoms with Crippen LogP contribution in [0.2, 0.25) is 0 Å². The normalized spacial score (nSPS) is 10.9. The van der Waals surface area contributed by atoms with E-state index >= 15 is 0 Å². The van der Waals surface area contributed by atoms with Crippen molar-refractivity contribution >= 4 is 28.1 Å². The number of nitrogen functional groups attached to an aromatic ring is 1. The molecule has 0 fully saturated rings. The molecule has 0 aliphatic rings. The van der Waals surface area contributed by atoms with Crippen molar-refractivity contribution in [1.82, 2.24) is 18.9 Å². The maximum absolute atomic E-state index is 12.1. The molecule has 0 aliphatic carbocycles. The summed E-state index contributed by atoms with van der Waals surface area (Å²) in [7, 11) is 5.30. The van der Waals surface area contributed by atoms with Crippen molar-refractivity contribution in [2.45, 2.75) is 0 Å². The quantitative estimate of drug-likeness (QED) is 0.537. The van der Waals surface area contributed by atoms with Crippen LogP contribution in [0.15, 0.2) is 47.5 Å². The van der Waals surface area contributed by atoms with Crippen LogP contribution in [0.1, 0.15) is 5.56 Å². The molecule has 0 aliphatic heterocycles. The number of nitrogens with zero attached hydrogens (tertiary/aromatic N) is 5. The summed E-state index contributed by atoms with van der Waals surface area (Å²) in [6, 6.07) is 11.4. The summed E-state index contributed by atoms with van der Waals surface area (Å²) in [5.41, 5.74) is 11.8. The van der Waals surface area contributed by atoms with Gasteiger partial charge in [0.1, 0.15) is 0 Å². The summed E-state index contributed by atoms with van der Waals surface area (Å²) in [6.07, 6.45) is 3.54. The van der Waals surface area contributed by atoms with Gasteiger partial charge in [-0.25, -0.2) is 4.79 Å². The Balaban J connectivity index is 1.76. The van der Waals surface area contributed by atoms with E-state index in [1.165, 1.54) is 0 Å². The molecule has 8 heteroatoms.